The molecular weight excluding hydrogens is 166 g/mol. The molecule has 0 amide bonds. The van der Waals surface area contributed by atoms with Crippen molar-refractivity contribution in [2.75, 3.05) is 27.2 Å². The molecule has 0 aliphatic carbocycles. The van der Waals surface area contributed by atoms with Crippen molar-refractivity contribution in [2.45, 2.75) is 6.42 Å². The minimum Gasteiger partial charge on any atom is -0.320 e. The third kappa shape index (κ3) is 5.14. The summed E-state index contributed by atoms with van der Waals surface area (Å²) >= 11 is 0. The molecule has 0 atom stereocenters. The predicted molar refractivity (Wildman–Crippen MR) is 44.3 cm³/mol. The molecule has 0 unspecified atom stereocenters. The zero-order valence-electron chi connectivity index (χ0n) is 6.87. The number of nitrogens with zero attached hydrogens (tertiary/aromatic N) is 1. The van der Waals surface area contributed by atoms with E-state index < -0.39 is 10.2 Å². The van der Waals surface area contributed by atoms with Crippen LogP contribution in [-0.4, -0.2) is 39.9 Å². The molecule has 0 heterocycles. The van der Waals surface area contributed by atoms with Gasteiger partial charge in [-0.15, -0.1) is 0 Å². The molecule has 0 aromatic heterocycles. The van der Waals surface area contributed by atoms with Crippen LogP contribution in [0.15, 0.2) is 0 Å². The second-order valence-corrected chi connectivity index (χ2v) is 3.98. The maximum Gasteiger partial charge on any atom is 0.276 e. The highest BCUT2D eigenvalue weighted by molar-refractivity contribution is 7.86. The van der Waals surface area contributed by atoms with Crippen molar-refractivity contribution in [3.05, 3.63) is 0 Å². The van der Waals surface area contributed by atoms with E-state index in [4.69, 9.17) is 5.14 Å². The topological polar surface area (TPSA) is 75.4 Å². The fourth-order valence-corrected chi connectivity index (χ4v) is 0.989. The number of nitrogens with two attached hydrogens (primary N) is 1. The Morgan fingerprint density at radius 3 is 2.45 bits per heavy atom. The highest BCUT2D eigenvalue weighted by Crippen LogP contribution is 1.90. The number of hydrogen-bond donors (Lipinski definition) is 2. The van der Waals surface area contributed by atoms with Gasteiger partial charge in [-0.25, -0.2) is 5.14 Å². The van der Waals surface area contributed by atoms with Gasteiger partial charge in [0.15, 0.2) is 0 Å². The third-order valence-corrected chi connectivity index (χ3v) is 2.39. The fourth-order valence-electron chi connectivity index (χ4n) is 0.606. The van der Waals surface area contributed by atoms with E-state index >= 15 is 0 Å². The van der Waals surface area contributed by atoms with Crippen LogP contribution in [0.1, 0.15) is 6.42 Å². The first-order valence-electron chi connectivity index (χ1n) is 3.37. The monoisotopic (exact) mass is 181 g/mol. The average molecular weight is 181 g/mol. The van der Waals surface area contributed by atoms with Gasteiger partial charge in [0.1, 0.15) is 0 Å². The summed E-state index contributed by atoms with van der Waals surface area (Å²) < 4.78 is 22.3. The summed E-state index contributed by atoms with van der Waals surface area (Å²) in [7, 11) is -0.198. The van der Waals surface area contributed by atoms with Crippen molar-refractivity contribution in [1.82, 2.24) is 9.62 Å². The Labute approximate surface area is 67.7 Å². The summed E-state index contributed by atoms with van der Waals surface area (Å²) in [6.07, 6.45) is 0.767. The van der Waals surface area contributed by atoms with Crippen LogP contribution in [0.3, 0.4) is 0 Å². The maximum atomic E-state index is 10.6. The Morgan fingerprint density at radius 2 is 2.09 bits per heavy atom. The smallest absolute Gasteiger partial charge is 0.276 e. The van der Waals surface area contributed by atoms with Gasteiger partial charge >= 0.3 is 0 Å². The Bertz CT molecular complexity index is 190. The molecule has 0 radical (unpaired) electrons. The SMILES string of the molecule is CNCCCN(C)S(N)(=O)=O. The molecule has 0 spiro atoms. The van der Waals surface area contributed by atoms with Gasteiger partial charge < -0.3 is 5.32 Å². The third-order valence-electron chi connectivity index (χ3n) is 1.33. The Kier molecular flexibility index (Phi) is 4.58. The normalized spacial score (nSPS) is 12.4. The standard InChI is InChI=1S/C5H15N3O2S/c1-7-4-3-5-8(2)11(6,9)10/h7H,3-5H2,1-2H3,(H2,6,9,10). The van der Waals surface area contributed by atoms with E-state index in [1.54, 1.807) is 0 Å². The molecule has 6 heteroatoms. The molecule has 0 bridgehead atoms. The van der Waals surface area contributed by atoms with E-state index in [0.717, 1.165) is 17.3 Å². The van der Waals surface area contributed by atoms with Gasteiger partial charge in [0.2, 0.25) is 0 Å². The van der Waals surface area contributed by atoms with E-state index in [0.29, 0.717) is 6.54 Å². The van der Waals surface area contributed by atoms with E-state index in [1.807, 2.05) is 7.05 Å². The van der Waals surface area contributed by atoms with Gasteiger partial charge in [-0.1, -0.05) is 0 Å². The molecule has 0 aliphatic rings. The molecule has 5 nitrogen and oxygen atoms in total. The van der Waals surface area contributed by atoms with Crippen LogP contribution >= 0.6 is 0 Å². The molecule has 68 valence electrons. The van der Waals surface area contributed by atoms with Crippen LogP contribution in [0.4, 0.5) is 0 Å². The summed E-state index contributed by atoms with van der Waals surface area (Å²) in [6.45, 7) is 1.25. The minimum absolute atomic E-state index is 0.458. The fraction of sp³-hybridized carbons (Fsp3) is 1.00. The summed E-state index contributed by atoms with van der Waals surface area (Å²) in [5, 5.41) is 7.75. The van der Waals surface area contributed by atoms with E-state index in [9.17, 15) is 8.42 Å². The summed E-state index contributed by atoms with van der Waals surface area (Å²) in [4.78, 5) is 0. The van der Waals surface area contributed by atoms with E-state index in [-0.39, 0.29) is 0 Å². The van der Waals surface area contributed by atoms with Crippen molar-refractivity contribution < 1.29 is 8.42 Å². The molecule has 0 aromatic carbocycles. The van der Waals surface area contributed by atoms with Gasteiger partial charge in [0.05, 0.1) is 0 Å². The Hall–Kier alpha value is -0.170. The quantitative estimate of drug-likeness (QED) is 0.519. The lowest BCUT2D eigenvalue weighted by Crippen LogP contribution is -2.34. The zero-order chi connectivity index (χ0) is 8.91. The van der Waals surface area contributed by atoms with Crippen molar-refractivity contribution in [3.8, 4) is 0 Å². The summed E-state index contributed by atoms with van der Waals surface area (Å²) in [6, 6.07) is 0. The molecule has 0 rings (SSSR count). The van der Waals surface area contributed by atoms with Crippen molar-refractivity contribution in [2.24, 2.45) is 5.14 Å². The van der Waals surface area contributed by atoms with Crippen LogP contribution < -0.4 is 10.5 Å². The van der Waals surface area contributed by atoms with Crippen LogP contribution in [-0.2, 0) is 10.2 Å². The zero-order valence-corrected chi connectivity index (χ0v) is 7.69. The van der Waals surface area contributed by atoms with Crippen LogP contribution in [0, 0.1) is 0 Å². The van der Waals surface area contributed by atoms with Gasteiger partial charge in [-0.3, -0.25) is 0 Å². The lowest BCUT2D eigenvalue weighted by atomic mass is 10.4. The lowest BCUT2D eigenvalue weighted by molar-refractivity contribution is 0.459. The summed E-state index contributed by atoms with van der Waals surface area (Å²) in [5.41, 5.74) is 0. The number of rotatable bonds is 5. The Morgan fingerprint density at radius 1 is 1.55 bits per heavy atom. The first-order chi connectivity index (χ1) is 4.98. The number of nitrogens with one attached hydrogen (secondary N) is 1. The highest BCUT2D eigenvalue weighted by Gasteiger charge is 2.09. The largest absolute Gasteiger partial charge is 0.320 e. The lowest BCUT2D eigenvalue weighted by Gasteiger charge is -2.12. The average Bonchev–Trinajstić information content (AvgIpc) is 1.86. The Balaban J connectivity index is 3.62. The molecule has 3 N–H and O–H groups in total. The van der Waals surface area contributed by atoms with Gasteiger partial charge in [-0.05, 0) is 20.0 Å². The number of hydrogen-bond acceptors (Lipinski definition) is 3. The van der Waals surface area contributed by atoms with Gasteiger partial charge in [0, 0.05) is 13.6 Å². The molecule has 0 aliphatic heterocycles. The molecule has 0 aromatic rings. The van der Waals surface area contributed by atoms with Crippen LogP contribution in [0.5, 0.6) is 0 Å². The van der Waals surface area contributed by atoms with Gasteiger partial charge in [0.25, 0.3) is 10.2 Å². The van der Waals surface area contributed by atoms with Crippen LogP contribution in [0.2, 0.25) is 0 Å². The van der Waals surface area contributed by atoms with E-state index in [1.165, 1.54) is 7.05 Å². The summed E-state index contributed by atoms with van der Waals surface area (Å²) in [5.74, 6) is 0. The maximum absolute atomic E-state index is 10.6. The first kappa shape index (κ1) is 10.8. The van der Waals surface area contributed by atoms with Crippen molar-refractivity contribution in [1.29, 1.82) is 0 Å². The van der Waals surface area contributed by atoms with Crippen molar-refractivity contribution >= 4 is 10.2 Å². The van der Waals surface area contributed by atoms with Crippen LogP contribution in [0.25, 0.3) is 0 Å². The molecule has 0 fully saturated rings. The first-order valence-corrected chi connectivity index (χ1v) is 4.87. The molecule has 11 heavy (non-hydrogen) atoms. The molecular formula is C5H15N3O2S. The van der Waals surface area contributed by atoms with Crippen molar-refractivity contribution in [3.63, 3.8) is 0 Å². The van der Waals surface area contributed by atoms with Gasteiger partial charge in [-0.2, -0.15) is 12.7 Å². The second kappa shape index (κ2) is 4.66. The minimum atomic E-state index is -3.48. The molecule has 0 saturated heterocycles. The van der Waals surface area contributed by atoms with E-state index in [2.05, 4.69) is 5.32 Å². The second-order valence-electron chi connectivity index (χ2n) is 2.32. The molecule has 0 saturated carbocycles. The predicted octanol–water partition coefficient (Wildman–Crippen LogP) is -1.27. The highest BCUT2D eigenvalue weighted by atomic mass is 32.2.